The van der Waals surface area contributed by atoms with Gasteiger partial charge in [0, 0.05) is 61.9 Å². The second kappa shape index (κ2) is 27.0. The van der Waals surface area contributed by atoms with Gasteiger partial charge in [0.1, 0.15) is 35.6 Å². The van der Waals surface area contributed by atoms with Crippen LogP contribution in [0.2, 0.25) is 10.1 Å². The second-order valence-electron chi connectivity index (χ2n) is 36.3. The zero-order valence-corrected chi connectivity index (χ0v) is 66.8. The first kappa shape index (κ1) is 77.3. The zero-order chi connectivity index (χ0) is 76.7. The zero-order valence-electron chi connectivity index (χ0n) is 64.8. The molecule has 6 aromatic rings. The highest BCUT2D eigenvalue weighted by Crippen LogP contribution is 2.70. The molecule has 17 heteroatoms. The lowest BCUT2D eigenvalue weighted by Crippen LogP contribution is -2.79. The number of Topliss-reactive ketones (excluding diaryl/α,β-unsaturated/α-hetero) is 2. The predicted octanol–water partition coefficient (Wildman–Crippen LogP) is 12.0. The van der Waals surface area contributed by atoms with E-state index in [1.54, 1.807) is 69.3 Å². The van der Waals surface area contributed by atoms with E-state index in [2.05, 4.69) is 97.0 Å². The van der Waals surface area contributed by atoms with Gasteiger partial charge in [-0.2, -0.15) is 0 Å². The summed E-state index contributed by atoms with van der Waals surface area (Å²) in [5.41, 5.74) is -7.72. The van der Waals surface area contributed by atoms with E-state index in [1.165, 1.54) is 0 Å². The van der Waals surface area contributed by atoms with Crippen molar-refractivity contribution in [3.8, 4) is 0 Å². The lowest BCUT2D eigenvalue weighted by Gasteiger charge is -2.69. The molecule has 14 rings (SSSR count). The molecule has 4 saturated carbocycles. The summed E-state index contributed by atoms with van der Waals surface area (Å²) in [5, 5.41) is 67.6. The summed E-state index contributed by atoms with van der Waals surface area (Å²) in [6, 6.07) is 58.6. The highest BCUT2D eigenvalue weighted by atomic mass is 28.4. The summed E-state index contributed by atoms with van der Waals surface area (Å²) in [4.78, 5) is 58.8. The average Bonchev–Trinajstić information content (AvgIpc) is 0.674. The molecule has 0 unspecified atom stereocenters. The maximum Gasteiger partial charge on any atom is 0.338 e. The van der Waals surface area contributed by atoms with E-state index in [9.17, 15) is 35.1 Å². The number of rotatable bonds is 12. The molecular formula is C89H110O15Si2. The number of esters is 2. The molecule has 15 nitrogen and oxygen atoms in total. The average molecular weight is 1480 g/mol. The van der Waals surface area contributed by atoms with Crippen molar-refractivity contribution < 1.29 is 72.5 Å². The minimum Gasteiger partial charge on any atom is -0.455 e. The largest absolute Gasteiger partial charge is 0.455 e. The highest BCUT2D eigenvalue weighted by Gasteiger charge is 2.78. The van der Waals surface area contributed by atoms with Gasteiger partial charge in [0.05, 0.1) is 54.9 Å². The molecule has 0 radical (unpaired) electrons. The van der Waals surface area contributed by atoms with Gasteiger partial charge in [0.15, 0.2) is 11.6 Å². The summed E-state index contributed by atoms with van der Waals surface area (Å²) < 4.78 is 41.9. The number of benzene rings is 6. The molecule has 2 saturated heterocycles. The summed E-state index contributed by atoms with van der Waals surface area (Å²) in [6.07, 6.45) is -8.07. The van der Waals surface area contributed by atoms with E-state index in [0.29, 0.717) is 41.7 Å². The van der Waals surface area contributed by atoms with Crippen molar-refractivity contribution in [3.05, 3.63) is 215 Å². The number of ketones is 2. The topological polar surface area (TPSA) is 225 Å². The summed E-state index contributed by atoms with van der Waals surface area (Å²) in [7, 11) is -6.56. The molecule has 0 amide bonds. The summed E-state index contributed by atoms with van der Waals surface area (Å²) >= 11 is 0. The number of carbonyl (C=O) groups excluding carboxylic acids is 4. The first-order valence-electron chi connectivity index (χ1n) is 38.0. The molecule has 6 aromatic carbocycles. The van der Waals surface area contributed by atoms with Crippen molar-refractivity contribution in [1.82, 2.24) is 0 Å². The maximum absolute atomic E-state index is 15.2. The quantitative estimate of drug-likeness (QED) is 0.0567. The van der Waals surface area contributed by atoms with Crippen LogP contribution in [0.3, 0.4) is 0 Å². The Morgan fingerprint density at radius 2 is 0.745 bits per heavy atom. The van der Waals surface area contributed by atoms with E-state index in [1.807, 2.05) is 133 Å². The Morgan fingerprint density at radius 3 is 1.04 bits per heavy atom. The van der Waals surface area contributed by atoms with Gasteiger partial charge >= 0.3 is 11.9 Å². The number of fused-ring (bicyclic) bond motifs is 10. The van der Waals surface area contributed by atoms with Crippen LogP contribution in [0.1, 0.15) is 164 Å². The lowest BCUT2D eigenvalue weighted by molar-refractivity contribution is -0.326. The van der Waals surface area contributed by atoms with Crippen molar-refractivity contribution in [2.75, 3.05) is 13.2 Å². The third-order valence-electron chi connectivity index (χ3n) is 27.9. The fraction of sp³-hybridized carbons (Fsp3) is 0.506. The normalized spacial score (nSPS) is 35.3. The van der Waals surface area contributed by atoms with Crippen LogP contribution in [0.15, 0.2) is 204 Å². The fourth-order valence-electron chi connectivity index (χ4n) is 21.7. The van der Waals surface area contributed by atoms with Crippen LogP contribution in [-0.4, -0.2) is 145 Å². The van der Waals surface area contributed by atoms with E-state index < -0.39 is 148 Å². The van der Waals surface area contributed by atoms with Crippen LogP contribution in [0, 0.1) is 50.2 Å². The van der Waals surface area contributed by atoms with E-state index >= 15 is 9.59 Å². The van der Waals surface area contributed by atoms with E-state index in [0.717, 1.165) is 26.3 Å². The van der Waals surface area contributed by atoms with Crippen LogP contribution in [0.5, 0.6) is 0 Å². The molecule has 6 aliphatic carbocycles. The van der Waals surface area contributed by atoms with E-state index in [-0.39, 0.29) is 43.1 Å². The lowest BCUT2D eigenvalue weighted by atomic mass is 9.42. The molecular weight excluding hydrogens is 1370 g/mol. The first-order valence-corrected chi connectivity index (χ1v) is 41.9. The molecule has 8 aliphatic rings. The van der Waals surface area contributed by atoms with Gasteiger partial charge < -0.3 is 53.3 Å². The van der Waals surface area contributed by atoms with Gasteiger partial charge in [-0.05, 0) is 99.7 Å². The smallest absolute Gasteiger partial charge is 0.338 e. The Bertz CT molecular complexity index is 4010. The Labute approximate surface area is 628 Å². The molecule has 564 valence electrons. The Kier molecular flexibility index (Phi) is 19.7. The minimum absolute atomic E-state index is 0.160. The molecule has 2 heterocycles. The molecule has 18 atom stereocenters. The van der Waals surface area contributed by atoms with Crippen molar-refractivity contribution in [1.29, 1.82) is 0 Å². The van der Waals surface area contributed by atoms with Gasteiger partial charge in [-0.1, -0.05) is 267 Å². The van der Waals surface area contributed by atoms with Crippen LogP contribution in [0.4, 0.5) is 0 Å². The number of hydrogen-bond donors (Lipinski definition) is 5. The van der Waals surface area contributed by atoms with Crippen LogP contribution in [0.25, 0.3) is 0 Å². The fourth-order valence-corrected chi connectivity index (χ4v) is 31.3. The van der Waals surface area contributed by atoms with Gasteiger partial charge in [0.2, 0.25) is 0 Å². The Morgan fingerprint density at radius 1 is 0.453 bits per heavy atom. The number of allylic oxidation sites excluding steroid dienone is 1. The van der Waals surface area contributed by atoms with Gasteiger partial charge in [-0.15, -0.1) is 0 Å². The molecule has 106 heavy (non-hydrogen) atoms. The number of ether oxygens (including phenoxy) is 4. The third-order valence-corrected chi connectivity index (χ3v) is 38.0. The van der Waals surface area contributed by atoms with Crippen molar-refractivity contribution >= 4 is 60.9 Å². The van der Waals surface area contributed by atoms with E-state index in [4.69, 9.17) is 27.8 Å². The van der Waals surface area contributed by atoms with Gasteiger partial charge in [-0.25, -0.2) is 9.59 Å². The number of aliphatic hydroxyl groups is 5. The van der Waals surface area contributed by atoms with Crippen LogP contribution < -0.4 is 20.7 Å². The Hall–Kier alpha value is -6.85. The maximum atomic E-state index is 15.2. The van der Waals surface area contributed by atoms with Gasteiger partial charge in [-0.3, -0.25) is 9.59 Å². The summed E-state index contributed by atoms with van der Waals surface area (Å²) in [6.45, 7) is 34.6. The van der Waals surface area contributed by atoms with Crippen molar-refractivity contribution in [2.45, 2.75) is 220 Å². The van der Waals surface area contributed by atoms with Crippen molar-refractivity contribution in [3.63, 3.8) is 0 Å². The highest BCUT2D eigenvalue weighted by molar-refractivity contribution is 7.00. The third kappa shape index (κ3) is 11.4. The molecule has 0 spiro atoms. The molecule has 0 aromatic heterocycles. The monoisotopic (exact) mass is 1470 g/mol. The minimum atomic E-state index is -3.30. The predicted molar refractivity (Wildman–Crippen MR) is 414 cm³/mol. The number of carbonyl (C=O) groups is 4. The SMILES string of the molecule is CC1=C2C(=O)[C@H](O)[C@]3(C)[C@@H](O[Si](c4ccccc4)(c4ccccc4)C(C)(C)C)C[C@H]4OC[C@@]4(C)[C@H]3[C@H](OC(=O)c3ccccc3)[C@](O)(C[C@@H]1C)C2(C)C.CC1=C2C(=O)[C@H](O)[C@]3(C)[C@@H](O[Si](c4ccccc4)(c4ccccc4)C(C)(C)C)C[C@H]4OC[C@@]4(C)[C@H]3[C@H](OC(=O)c3ccccc3)[C@](O)(C[C@@H]1O)C2(C)C. The van der Waals surface area contributed by atoms with Gasteiger partial charge in [0.25, 0.3) is 16.6 Å². The van der Waals surface area contributed by atoms with Crippen LogP contribution >= 0.6 is 0 Å². The first-order chi connectivity index (χ1) is 49.7. The molecule has 5 N–H and O–H groups in total. The molecule has 2 aliphatic heterocycles. The number of hydrogen-bond acceptors (Lipinski definition) is 15. The van der Waals surface area contributed by atoms with Crippen molar-refractivity contribution in [2.24, 2.45) is 50.2 Å². The van der Waals surface area contributed by atoms with Crippen LogP contribution in [-0.2, 0) is 37.4 Å². The molecule has 4 bridgehead atoms. The Balaban J connectivity index is 0.000000188. The molecule has 6 fully saturated rings. The summed E-state index contributed by atoms with van der Waals surface area (Å²) in [5.74, 6) is -3.90. The second-order valence-corrected chi connectivity index (χ2v) is 44.8. The number of aliphatic hydroxyl groups excluding tert-OH is 3. The standard InChI is InChI=1S/C45H56O7Si.C44H54O8Si/c1-28-26-45(49)39(51-40(48)30-19-13-10-14-20-30)37-43(8)27-50-33(43)25-34(44(37,9)38(47)36(46)35(29(28)2)42(45,6)7)52-53(41(3,4)5,31-21-15-11-16-22-31)32-23-17-12-18-24-32;1-27-31(45)25-44(49)38(51-39(48)28-18-12-9-13-19-28)36-42(7)26-50-32(42)24-33(43(36,8)37(47)35(46)34(27)41(44,5)6)52-53(40(2,3)4,29-20-14-10-15-21-29)30-22-16-11-17-23-30/h10-24,28,33-34,37-39,47,49H,25-27H2,1-9H3;9-23,31-33,36-38,45,47,49H,24-26H2,1-8H3/t28-,33+,34-,37+,38-,39-,43+,44+,45+;31-,32+,33-,36+,37-,38-,42+,43+,44+/m00/s1.